The molecular formula is C19H13F9N6O2. The number of carbonyl (C=O) groups is 1. The molecule has 3 aromatic rings. The molecule has 2 heterocycles. The normalized spacial score (nSPS) is 13.4. The molecule has 0 spiro atoms. The highest BCUT2D eigenvalue weighted by atomic mass is 19.4. The van der Waals surface area contributed by atoms with Crippen LogP contribution in [0.15, 0.2) is 36.9 Å². The van der Waals surface area contributed by atoms with Gasteiger partial charge in [0, 0.05) is 5.56 Å². The topological polar surface area (TPSA) is 94.8 Å². The molecule has 0 aliphatic carbocycles. The summed E-state index contributed by atoms with van der Waals surface area (Å²) in [5.74, 6) is -1.90. The maximum Gasteiger partial charge on any atom is 0.422 e. The molecule has 0 radical (unpaired) electrons. The van der Waals surface area contributed by atoms with Crippen molar-refractivity contribution in [1.29, 1.82) is 0 Å². The monoisotopic (exact) mass is 528 g/mol. The number of carbonyl (C=O) groups excluding carboxylic acids is 1. The predicted molar refractivity (Wildman–Crippen MR) is 101 cm³/mol. The molecule has 1 N–H and O–H groups in total. The smallest absolute Gasteiger partial charge is 0.422 e. The third-order valence-corrected chi connectivity index (χ3v) is 4.37. The van der Waals surface area contributed by atoms with E-state index in [1.807, 2.05) is 0 Å². The summed E-state index contributed by atoms with van der Waals surface area (Å²) in [7, 11) is 0. The van der Waals surface area contributed by atoms with Crippen molar-refractivity contribution in [2.24, 2.45) is 0 Å². The van der Waals surface area contributed by atoms with Gasteiger partial charge in [-0.05, 0) is 25.1 Å². The van der Waals surface area contributed by atoms with Crippen LogP contribution in [0.3, 0.4) is 0 Å². The van der Waals surface area contributed by atoms with E-state index in [0.29, 0.717) is 0 Å². The molecule has 0 bridgehead atoms. The van der Waals surface area contributed by atoms with Crippen LogP contribution in [0.5, 0.6) is 5.75 Å². The van der Waals surface area contributed by atoms with Crippen LogP contribution >= 0.6 is 0 Å². The first-order valence-electron chi connectivity index (χ1n) is 9.57. The van der Waals surface area contributed by atoms with Gasteiger partial charge in [0.05, 0.1) is 29.6 Å². The Morgan fingerprint density at radius 2 is 1.50 bits per heavy atom. The van der Waals surface area contributed by atoms with Crippen molar-refractivity contribution in [1.82, 2.24) is 30.0 Å². The van der Waals surface area contributed by atoms with E-state index in [9.17, 15) is 44.3 Å². The van der Waals surface area contributed by atoms with Crippen molar-refractivity contribution >= 4 is 5.91 Å². The Bertz CT molecular complexity index is 1190. The molecule has 1 aromatic carbocycles. The van der Waals surface area contributed by atoms with Crippen molar-refractivity contribution in [2.45, 2.75) is 31.5 Å². The van der Waals surface area contributed by atoms with Crippen molar-refractivity contribution in [2.75, 3.05) is 6.61 Å². The number of halogens is 9. The summed E-state index contributed by atoms with van der Waals surface area (Å²) in [4.78, 5) is 23.9. The van der Waals surface area contributed by atoms with Crippen molar-refractivity contribution in [3.63, 3.8) is 0 Å². The Balaban J connectivity index is 1.81. The van der Waals surface area contributed by atoms with Crippen LogP contribution in [0, 0.1) is 0 Å². The fourth-order valence-electron chi connectivity index (χ4n) is 2.79. The standard InChI is InChI=1S/C19H13F9N6O2/c1-9(33-15(35)10-2-11(18(23,24)25)4-12(3-10)19(26,27)28)14-31-8-32-34(14)16-29-5-13(6-30-16)36-7-17(20,21)22/h2-6,8-9H,7H2,1H3,(H,33,35). The Hall–Kier alpha value is -3.92. The van der Waals surface area contributed by atoms with Crippen molar-refractivity contribution in [3.8, 4) is 11.7 Å². The zero-order chi connectivity index (χ0) is 26.9. The number of rotatable bonds is 6. The molecule has 2 aromatic heterocycles. The molecule has 8 nitrogen and oxygen atoms in total. The highest BCUT2D eigenvalue weighted by Gasteiger charge is 2.37. The Labute approximate surface area is 195 Å². The second-order valence-electron chi connectivity index (χ2n) is 7.14. The quantitative estimate of drug-likeness (QED) is 0.473. The van der Waals surface area contributed by atoms with Crippen LogP contribution in [0.25, 0.3) is 5.95 Å². The van der Waals surface area contributed by atoms with Gasteiger partial charge in [0.25, 0.3) is 11.9 Å². The first-order valence-corrected chi connectivity index (χ1v) is 9.57. The van der Waals surface area contributed by atoms with Crippen LogP contribution in [0.4, 0.5) is 39.5 Å². The van der Waals surface area contributed by atoms with Crippen LogP contribution in [0.2, 0.25) is 0 Å². The minimum atomic E-state index is -5.14. The molecule has 1 amide bonds. The zero-order valence-corrected chi connectivity index (χ0v) is 17.7. The summed E-state index contributed by atoms with van der Waals surface area (Å²) in [5.41, 5.74) is -4.24. The molecule has 194 valence electrons. The number of nitrogens with zero attached hydrogens (tertiary/aromatic N) is 5. The van der Waals surface area contributed by atoms with Gasteiger partial charge in [0.15, 0.2) is 18.2 Å². The van der Waals surface area contributed by atoms with Gasteiger partial charge < -0.3 is 10.1 Å². The summed E-state index contributed by atoms with van der Waals surface area (Å²) in [5, 5.41) is 6.02. The van der Waals surface area contributed by atoms with Crippen LogP contribution < -0.4 is 10.1 Å². The lowest BCUT2D eigenvalue weighted by molar-refractivity contribution is -0.153. The summed E-state index contributed by atoms with van der Waals surface area (Å²) < 4.78 is 121. The van der Waals surface area contributed by atoms with Gasteiger partial charge in [-0.15, -0.1) is 0 Å². The number of nitrogens with one attached hydrogen (secondary N) is 1. The average molecular weight is 528 g/mol. The maximum atomic E-state index is 13.1. The summed E-state index contributed by atoms with van der Waals surface area (Å²) in [6.07, 6.45) is -12.1. The molecule has 0 aliphatic heterocycles. The lowest BCUT2D eigenvalue weighted by atomic mass is 10.0. The maximum absolute atomic E-state index is 13.1. The number of hydrogen-bond donors (Lipinski definition) is 1. The molecule has 0 aliphatic rings. The lowest BCUT2D eigenvalue weighted by Crippen LogP contribution is -2.29. The Morgan fingerprint density at radius 1 is 0.944 bits per heavy atom. The van der Waals surface area contributed by atoms with Crippen LogP contribution in [-0.4, -0.2) is 43.4 Å². The number of hydrogen-bond acceptors (Lipinski definition) is 6. The molecule has 0 saturated heterocycles. The summed E-state index contributed by atoms with van der Waals surface area (Å²) in [6, 6.07) is -0.708. The summed E-state index contributed by atoms with van der Waals surface area (Å²) in [6.45, 7) is -0.281. The molecule has 1 unspecified atom stereocenters. The summed E-state index contributed by atoms with van der Waals surface area (Å²) >= 11 is 0. The van der Waals surface area contributed by atoms with Crippen LogP contribution in [-0.2, 0) is 12.4 Å². The van der Waals surface area contributed by atoms with Gasteiger partial charge >= 0.3 is 18.5 Å². The second-order valence-corrected chi connectivity index (χ2v) is 7.14. The first kappa shape index (κ1) is 26.7. The molecule has 17 heteroatoms. The lowest BCUT2D eigenvalue weighted by Gasteiger charge is -2.17. The van der Waals surface area contributed by atoms with Crippen molar-refractivity contribution < 1.29 is 49.0 Å². The second kappa shape index (κ2) is 9.62. The SMILES string of the molecule is CC(NC(=O)c1cc(C(F)(F)F)cc(C(F)(F)F)c1)c1ncnn1-c1ncc(OCC(F)(F)F)cn1. The molecule has 36 heavy (non-hydrogen) atoms. The fourth-order valence-corrected chi connectivity index (χ4v) is 2.79. The first-order chi connectivity index (χ1) is 16.5. The van der Waals surface area contributed by atoms with Gasteiger partial charge in [-0.25, -0.2) is 15.0 Å². The van der Waals surface area contributed by atoms with Gasteiger partial charge in [0.1, 0.15) is 6.33 Å². The molecule has 3 rings (SSSR count). The van der Waals surface area contributed by atoms with E-state index in [2.05, 4.69) is 30.1 Å². The largest absolute Gasteiger partial charge is 0.481 e. The van der Waals surface area contributed by atoms with E-state index in [0.717, 1.165) is 23.4 Å². The van der Waals surface area contributed by atoms with E-state index in [1.165, 1.54) is 6.92 Å². The van der Waals surface area contributed by atoms with E-state index in [-0.39, 0.29) is 35.7 Å². The average Bonchev–Trinajstić information content (AvgIpc) is 3.26. The van der Waals surface area contributed by atoms with Gasteiger partial charge in [-0.2, -0.15) is 49.3 Å². The number of alkyl halides is 9. The van der Waals surface area contributed by atoms with E-state index in [1.54, 1.807) is 0 Å². The van der Waals surface area contributed by atoms with Gasteiger partial charge in [-0.1, -0.05) is 0 Å². The van der Waals surface area contributed by atoms with E-state index < -0.39 is 53.8 Å². The third-order valence-electron chi connectivity index (χ3n) is 4.37. The molecule has 1 atom stereocenters. The van der Waals surface area contributed by atoms with Gasteiger partial charge in [0.2, 0.25) is 0 Å². The predicted octanol–water partition coefficient (Wildman–Crippen LogP) is 4.53. The number of aromatic nitrogens is 5. The minimum Gasteiger partial charge on any atom is -0.481 e. The van der Waals surface area contributed by atoms with Crippen molar-refractivity contribution in [3.05, 3.63) is 59.4 Å². The van der Waals surface area contributed by atoms with Crippen LogP contribution in [0.1, 0.15) is 40.3 Å². The molecule has 0 fully saturated rings. The third kappa shape index (κ3) is 6.60. The number of amides is 1. The zero-order valence-electron chi connectivity index (χ0n) is 17.7. The van der Waals surface area contributed by atoms with E-state index in [4.69, 9.17) is 0 Å². The fraction of sp³-hybridized carbons (Fsp3) is 0.316. The van der Waals surface area contributed by atoms with E-state index >= 15 is 0 Å². The number of ether oxygens (including phenoxy) is 1. The van der Waals surface area contributed by atoms with Gasteiger partial charge in [-0.3, -0.25) is 4.79 Å². The Morgan fingerprint density at radius 3 is 2.00 bits per heavy atom. The highest BCUT2D eigenvalue weighted by Crippen LogP contribution is 2.36. The molecule has 0 saturated carbocycles. The molecular weight excluding hydrogens is 515 g/mol. The Kier molecular flexibility index (Phi) is 7.13. The number of benzene rings is 1. The minimum absolute atomic E-state index is 0.0877. The highest BCUT2D eigenvalue weighted by molar-refractivity contribution is 5.94.